The van der Waals surface area contributed by atoms with Crippen molar-refractivity contribution in [3.63, 3.8) is 0 Å². The first kappa shape index (κ1) is 17.2. The fourth-order valence-electron chi connectivity index (χ4n) is 5.68. The number of carbonyl (C=O) groups excluding carboxylic acids is 1. The lowest BCUT2D eigenvalue weighted by molar-refractivity contribution is -0.137. The van der Waals surface area contributed by atoms with Gasteiger partial charge >= 0.3 is 0 Å². The molecule has 1 saturated heterocycles. The molecule has 2 aliphatic carbocycles. The van der Waals surface area contributed by atoms with Crippen LogP contribution >= 0.6 is 0 Å². The van der Waals surface area contributed by atoms with E-state index >= 15 is 0 Å². The number of aliphatic hydroxyl groups is 1. The molecule has 3 nitrogen and oxygen atoms in total. The molecule has 5 atom stereocenters. The Morgan fingerprint density at radius 3 is 2.61 bits per heavy atom. The van der Waals surface area contributed by atoms with Crippen molar-refractivity contribution in [3.05, 3.63) is 11.6 Å². The number of ether oxygens (including phenoxy) is 1. The van der Waals surface area contributed by atoms with Crippen LogP contribution in [0.3, 0.4) is 0 Å². The van der Waals surface area contributed by atoms with Crippen molar-refractivity contribution in [2.45, 2.75) is 78.4 Å². The van der Waals surface area contributed by atoms with Crippen LogP contribution in [0.25, 0.3) is 0 Å². The molecule has 0 aromatic carbocycles. The van der Waals surface area contributed by atoms with E-state index in [2.05, 4.69) is 27.7 Å². The van der Waals surface area contributed by atoms with E-state index in [0.717, 1.165) is 25.7 Å². The summed E-state index contributed by atoms with van der Waals surface area (Å²) in [6, 6.07) is 0. The number of hydrogen-bond donors (Lipinski definition) is 1. The highest BCUT2D eigenvalue weighted by molar-refractivity contribution is 5.94. The molecule has 0 radical (unpaired) electrons. The number of epoxide rings is 1. The minimum atomic E-state index is -0.738. The molecule has 1 N–H and O–H groups in total. The Morgan fingerprint density at radius 2 is 2.00 bits per heavy atom. The van der Waals surface area contributed by atoms with E-state index in [9.17, 15) is 9.90 Å². The Hall–Kier alpha value is -0.670. The summed E-state index contributed by atoms with van der Waals surface area (Å²) in [4.78, 5) is 12.8. The van der Waals surface area contributed by atoms with Crippen molar-refractivity contribution >= 4 is 5.78 Å². The second-order valence-corrected chi connectivity index (χ2v) is 9.34. The fourth-order valence-corrected chi connectivity index (χ4v) is 5.68. The lowest BCUT2D eigenvalue weighted by Crippen LogP contribution is -2.52. The summed E-state index contributed by atoms with van der Waals surface area (Å²) in [5, 5.41) is 10.6. The third kappa shape index (κ3) is 2.91. The Kier molecular flexibility index (Phi) is 4.04. The molecule has 0 unspecified atom stereocenters. The summed E-state index contributed by atoms with van der Waals surface area (Å²) < 4.78 is 5.30. The van der Waals surface area contributed by atoms with Crippen LogP contribution in [-0.2, 0) is 9.53 Å². The maximum Gasteiger partial charge on any atom is 0.159 e. The molecule has 1 saturated carbocycles. The lowest BCUT2D eigenvalue weighted by Gasteiger charge is -2.56. The van der Waals surface area contributed by atoms with Crippen LogP contribution in [0.4, 0.5) is 0 Å². The second kappa shape index (κ2) is 5.42. The van der Waals surface area contributed by atoms with Gasteiger partial charge in [0.05, 0.1) is 12.2 Å². The molecule has 0 amide bonds. The maximum absolute atomic E-state index is 12.8. The molecule has 0 spiro atoms. The number of fused-ring (bicyclic) bond motifs is 1. The molecule has 2 fully saturated rings. The normalized spacial score (nSPS) is 41.7. The van der Waals surface area contributed by atoms with Gasteiger partial charge in [-0.15, -0.1) is 0 Å². The SMILES string of the molecule is CC1=CC(=O)[C@@H]2C(C)(C)CCC[C@]2(C)[C@H]1CC[C@](C)(O)[C@@H]1CO1. The van der Waals surface area contributed by atoms with Crippen LogP contribution in [-0.4, -0.2) is 29.2 Å². The lowest BCUT2D eigenvalue weighted by atomic mass is 9.47. The minimum Gasteiger partial charge on any atom is -0.387 e. The minimum absolute atomic E-state index is 0.00316. The molecule has 3 aliphatic rings. The fraction of sp³-hybridized carbons (Fsp3) is 0.850. The summed E-state index contributed by atoms with van der Waals surface area (Å²) in [5.41, 5.74) is 0.566. The van der Waals surface area contributed by atoms with Gasteiger partial charge in [0.2, 0.25) is 0 Å². The summed E-state index contributed by atoms with van der Waals surface area (Å²) in [7, 11) is 0. The zero-order valence-corrected chi connectivity index (χ0v) is 15.3. The number of ketones is 1. The van der Waals surface area contributed by atoms with Crippen LogP contribution in [0.15, 0.2) is 11.6 Å². The number of hydrogen-bond acceptors (Lipinski definition) is 3. The predicted molar refractivity (Wildman–Crippen MR) is 91.1 cm³/mol. The smallest absolute Gasteiger partial charge is 0.159 e. The van der Waals surface area contributed by atoms with Gasteiger partial charge in [-0.3, -0.25) is 4.79 Å². The highest BCUT2D eigenvalue weighted by atomic mass is 16.6. The third-order valence-corrected chi connectivity index (χ3v) is 6.94. The van der Waals surface area contributed by atoms with Gasteiger partial charge in [-0.25, -0.2) is 0 Å². The van der Waals surface area contributed by atoms with Gasteiger partial charge in [-0.05, 0) is 62.4 Å². The summed E-state index contributed by atoms with van der Waals surface area (Å²) in [6.07, 6.45) is 7.02. The maximum atomic E-state index is 12.8. The van der Waals surface area contributed by atoms with Gasteiger partial charge in [0.25, 0.3) is 0 Å². The van der Waals surface area contributed by atoms with E-state index < -0.39 is 5.60 Å². The van der Waals surface area contributed by atoms with E-state index in [0.29, 0.717) is 18.3 Å². The first-order valence-corrected chi connectivity index (χ1v) is 9.14. The topological polar surface area (TPSA) is 49.8 Å². The Bertz CT molecular complexity index is 527. The monoisotopic (exact) mass is 320 g/mol. The Balaban J connectivity index is 1.86. The number of rotatable bonds is 4. The zero-order valence-electron chi connectivity index (χ0n) is 15.3. The van der Waals surface area contributed by atoms with Crippen LogP contribution in [0.5, 0.6) is 0 Å². The molecule has 1 aliphatic heterocycles. The van der Waals surface area contributed by atoms with Crippen molar-refractivity contribution in [2.24, 2.45) is 22.7 Å². The van der Waals surface area contributed by atoms with Crippen molar-refractivity contribution in [2.75, 3.05) is 6.61 Å². The molecule has 0 aromatic heterocycles. The van der Waals surface area contributed by atoms with Gasteiger partial charge in [0, 0.05) is 5.92 Å². The average molecular weight is 320 g/mol. The van der Waals surface area contributed by atoms with Gasteiger partial charge < -0.3 is 9.84 Å². The first-order chi connectivity index (χ1) is 10.6. The highest BCUT2D eigenvalue weighted by Gasteiger charge is 2.55. The van der Waals surface area contributed by atoms with E-state index in [4.69, 9.17) is 4.74 Å². The van der Waals surface area contributed by atoms with Crippen molar-refractivity contribution in [1.29, 1.82) is 0 Å². The summed E-state index contributed by atoms with van der Waals surface area (Å²) >= 11 is 0. The molecule has 1 heterocycles. The summed E-state index contributed by atoms with van der Waals surface area (Å²) in [5.74, 6) is 0.817. The van der Waals surface area contributed by atoms with Crippen molar-refractivity contribution in [1.82, 2.24) is 0 Å². The largest absolute Gasteiger partial charge is 0.387 e. The van der Waals surface area contributed by atoms with Crippen molar-refractivity contribution in [3.8, 4) is 0 Å². The van der Waals surface area contributed by atoms with Gasteiger partial charge in [0.15, 0.2) is 5.78 Å². The van der Waals surface area contributed by atoms with E-state index in [1.54, 1.807) is 0 Å². The molecule has 23 heavy (non-hydrogen) atoms. The number of allylic oxidation sites excluding steroid dienone is 2. The molecular weight excluding hydrogens is 288 g/mol. The van der Waals surface area contributed by atoms with Crippen LogP contribution in [0.2, 0.25) is 0 Å². The van der Waals surface area contributed by atoms with Gasteiger partial charge in [-0.2, -0.15) is 0 Å². The second-order valence-electron chi connectivity index (χ2n) is 9.34. The van der Waals surface area contributed by atoms with Gasteiger partial charge in [-0.1, -0.05) is 32.8 Å². The molecule has 3 heteroatoms. The average Bonchev–Trinajstić information content (AvgIpc) is 3.20. The Labute approximate surface area is 140 Å². The summed E-state index contributed by atoms with van der Waals surface area (Å²) in [6.45, 7) is 11.5. The van der Waals surface area contributed by atoms with Crippen LogP contribution in [0, 0.1) is 22.7 Å². The quantitative estimate of drug-likeness (QED) is 0.799. The van der Waals surface area contributed by atoms with Crippen LogP contribution < -0.4 is 0 Å². The van der Waals surface area contributed by atoms with E-state index in [1.807, 2.05) is 13.0 Å². The van der Waals surface area contributed by atoms with Gasteiger partial charge in [0.1, 0.15) is 6.10 Å². The third-order valence-electron chi connectivity index (χ3n) is 6.94. The molecule has 3 rings (SSSR count). The molecular formula is C20H32O3. The standard InChI is InChI=1S/C20H32O3/c1-13-11-15(21)17-18(2,3)8-6-9-19(17,4)14(13)7-10-20(5,22)16-12-23-16/h11,14,16-17,22H,6-10,12H2,1-5H3/t14-,16-,17+,19+,20-/m0/s1. The Morgan fingerprint density at radius 1 is 1.35 bits per heavy atom. The predicted octanol–water partition coefficient (Wildman–Crippen LogP) is 3.89. The van der Waals surface area contributed by atoms with E-state index in [-0.39, 0.29) is 22.9 Å². The molecule has 130 valence electrons. The van der Waals surface area contributed by atoms with Crippen LogP contribution in [0.1, 0.15) is 66.7 Å². The first-order valence-electron chi connectivity index (χ1n) is 9.14. The number of carbonyl (C=O) groups is 1. The molecule has 0 aromatic rings. The van der Waals surface area contributed by atoms with Crippen molar-refractivity contribution < 1.29 is 14.6 Å². The molecule has 0 bridgehead atoms. The highest BCUT2D eigenvalue weighted by Crippen LogP contribution is 2.59. The zero-order chi connectivity index (χ0) is 17.0. The van der Waals surface area contributed by atoms with E-state index in [1.165, 1.54) is 12.0 Å².